The highest BCUT2D eigenvalue weighted by atomic mass is 32.1. The highest BCUT2D eigenvalue weighted by Gasteiger charge is 2.09. The quantitative estimate of drug-likeness (QED) is 0.888. The lowest BCUT2D eigenvalue weighted by Gasteiger charge is -2.05. The van der Waals surface area contributed by atoms with Crippen LogP contribution in [-0.4, -0.2) is 24.5 Å². The number of carbonyl (C=O) groups excluding carboxylic acids is 1. The van der Waals surface area contributed by atoms with Crippen LogP contribution >= 0.6 is 11.3 Å². The van der Waals surface area contributed by atoms with Crippen LogP contribution in [0.2, 0.25) is 0 Å². The zero-order chi connectivity index (χ0) is 14.4. The minimum atomic E-state index is -0.153. The smallest absolute Gasteiger partial charge is 0.270 e. The standard InChI is InChI=1S/C14H16N2O3S/c1-3-15-14(17)12-9-20-13(16-12)8-19-11-6-4-10(18-2)5-7-11/h4-7,9H,3,8H2,1-2H3,(H,15,17). The van der Waals surface area contributed by atoms with E-state index >= 15 is 0 Å². The number of hydrogen-bond donors (Lipinski definition) is 1. The molecule has 0 unspecified atom stereocenters. The molecule has 0 spiro atoms. The van der Waals surface area contributed by atoms with Crippen molar-refractivity contribution in [2.24, 2.45) is 0 Å². The predicted molar refractivity (Wildman–Crippen MR) is 77.4 cm³/mol. The van der Waals surface area contributed by atoms with Gasteiger partial charge in [0.2, 0.25) is 0 Å². The van der Waals surface area contributed by atoms with Gasteiger partial charge in [0.15, 0.2) is 0 Å². The van der Waals surface area contributed by atoms with Crippen molar-refractivity contribution < 1.29 is 14.3 Å². The molecule has 1 aromatic carbocycles. The first kappa shape index (κ1) is 14.3. The van der Waals surface area contributed by atoms with Gasteiger partial charge in [0.1, 0.15) is 28.8 Å². The van der Waals surface area contributed by atoms with E-state index in [2.05, 4.69) is 10.3 Å². The number of carbonyl (C=O) groups is 1. The number of aromatic nitrogens is 1. The number of rotatable bonds is 6. The van der Waals surface area contributed by atoms with Gasteiger partial charge in [-0.2, -0.15) is 0 Å². The molecular weight excluding hydrogens is 276 g/mol. The first-order chi connectivity index (χ1) is 9.72. The number of amides is 1. The maximum atomic E-state index is 11.6. The maximum Gasteiger partial charge on any atom is 0.270 e. The third-order valence-electron chi connectivity index (χ3n) is 2.54. The van der Waals surface area contributed by atoms with Crippen LogP contribution in [0.25, 0.3) is 0 Å². The molecule has 5 nitrogen and oxygen atoms in total. The monoisotopic (exact) mass is 292 g/mol. The molecule has 0 bridgehead atoms. The molecule has 1 aromatic heterocycles. The first-order valence-electron chi connectivity index (χ1n) is 6.22. The molecule has 20 heavy (non-hydrogen) atoms. The van der Waals surface area contributed by atoms with E-state index in [0.29, 0.717) is 18.8 Å². The number of nitrogens with one attached hydrogen (secondary N) is 1. The van der Waals surface area contributed by atoms with E-state index in [1.165, 1.54) is 11.3 Å². The highest BCUT2D eigenvalue weighted by molar-refractivity contribution is 7.09. The van der Waals surface area contributed by atoms with Gasteiger partial charge in [-0.25, -0.2) is 4.98 Å². The Balaban J connectivity index is 1.91. The second kappa shape index (κ2) is 6.91. The Morgan fingerprint density at radius 3 is 2.65 bits per heavy atom. The summed E-state index contributed by atoms with van der Waals surface area (Å²) < 4.78 is 10.7. The third kappa shape index (κ3) is 3.71. The molecule has 0 aliphatic carbocycles. The normalized spacial score (nSPS) is 10.1. The third-order valence-corrected chi connectivity index (χ3v) is 3.37. The van der Waals surface area contributed by atoms with Crippen molar-refractivity contribution in [3.05, 3.63) is 40.3 Å². The van der Waals surface area contributed by atoms with Gasteiger partial charge in [-0.15, -0.1) is 11.3 Å². The highest BCUT2D eigenvalue weighted by Crippen LogP contribution is 2.19. The minimum absolute atomic E-state index is 0.153. The van der Waals surface area contributed by atoms with Gasteiger partial charge in [-0.3, -0.25) is 4.79 Å². The molecule has 1 N–H and O–H groups in total. The molecule has 0 atom stereocenters. The van der Waals surface area contributed by atoms with Crippen molar-refractivity contribution in [3.63, 3.8) is 0 Å². The molecule has 6 heteroatoms. The molecule has 0 aliphatic rings. The first-order valence-corrected chi connectivity index (χ1v) is 7.10. The van der Waals surface area contributed by atoms with Crippen molar-refractivity contribution in [1.29, 1.82) is 0 Å². The summed E-state index contributed by atoms with van der Waals surface area (Å²) in [6.45, 7) is 2.81. The van der Waals surface area contributed by atoms with Gasteiger partial charge < -0.3 is 14.8 Å². The maximum absolute atomic E-state index is 11.6. The number of benzene rings is 1. The van der Waals surface area contributed by atoms with E-state index < -0.39 is 0 Å². The molecule has 0 radical (unpaired) electrons. The lowest BCUT2D eigenvalue weighted by molar-refractivity contribution is 0.0951. The summed E-state index contributed by atoms with van der Waals surface area (Å²) in [6, 6.07) is 7.32. The van der Waals surface area contributed by atoms with Crippen LogP contribution in [0.3, 0.4) is 0 Å². The Morgan fingerprint density at radius 1 is 1.30 bits per heavy atom. The summed E-state index contributed by atoms with van der Waals surface area (Å²) in [6.07, 6.45) is 0. The molecule has 0 saturated carbocycles. The van der Waals surface area contributed by atoms with Crippen molar-refractivity contribution in [3.8, 4) is 11.5 Å². The van der Waals surface area contributed by atoms with Crippen molar-refractivity contribution in [2.75, 3.05) is 13.7 Å². The van der Waals surface area contributed by atoms with E-state index in [9.17, 15) is 4.79 Å². The minimum Gasteiger partial charge on any atom is -0.497 e. The van der Waals surface area contributed by atoms with Crippen LogP contribution in [0.4, 0.5) is 0 Å². The molecule has 1 amide bonds. The number of thiazole rings is 1. The van der Waals surface area contributed by atoms with Crippen LogP contribution < -0.4 is 14.8 Å². The predicted octanol–water partition coefficient (Wildman–Crippen LogP) is 2.48. The summed E-state index contributed by atoms with van der Waals surface area (Å²) in [4.78, 5) is 15.8. The molecular formula is C14H16N2O3S. The largest absolute Gasteiger partial charge is 0.497 e. The number of methoxy groups -OCH3 is 1. The van der Waals surface area contributed by atoms with Crippen molar-refractivity contribution in [1.82, 2.24) is 10.3 Å². The SMILES string of the molecule is CCNC(=O)c1csc(COc2ccc(OC)cc2)n1. The molecule has 2 aromatic rings. The van der Waals surface area contributed by atoms with Crippen LogP contribution in [0.15, 0.2) is 29.6 Å². The van der Waals surface area contributed by atoms with E-state index in [-0.39, 0.29) is 5.91 Å². The zero-order valence-electron chi connectivity index (χ0n) is 11.4. The van der Waals surface area contributed by atoms with E-state index in [1.807, 2.05) is 31.2 Å². The van der Waals surface area contributed by atoms with Crippen molar-refractivity contribution in [2.45, 2.75) is 13.5 Å². The Hall–Kier alpha value is -2.08. The fourth-order valence-corrected chi connectivity index (χ4v) is 2.24. The summed E-state index contributed by atoms with van der Waals surface area (Å²) >= 11 is 1.41. The molecule has 106 valence electrons. The second-order valence-corrected chi connectivity index (χ2v) is 4.89. The van der Waals surface area contributed by atoms with E-state index in [1.54, 1.807) is 12.5 Å². The lowest BCUT2D eigenvalue weighted by Crippen LogP contribution is -2.22. The average Bonchev–Trinajstić information content (AvgIpc) is 2.95. The Kier molecular flexibility index (Phi) is 4.95. The second-order valence-electron chi connectivity index (χ2n) is 3.95. The van der Waals surface area contributed by atoms with Gasteiger partial charge in [-0.1, -0.05) is 0 Å². The van der Waals surface area contributed by atoms with Gasteiger partial charge in [-0.05, 0) is 31.2 Å². The van der Waals surface area contributed by atoms with E-state index in [4.69, 9.17) is 9.47 Å². The van der Waals surface area contributed by atoms with Crippen LogP contribution in [-0.2, 0) is 6.61 Å². The summed E-state index contributed by atoms with van der Waals surface area (Å²) in [5.41, 5.74) is 0.435. The van der Waals surface area contributed by atoms with Crippen LogP contribution in [0.5, 0.6) is 11.5 Å². The molecule has 0 aliphatic heterocycles. The molecule has 1 heterocycles. The van der Waals surface area contributed by atoms with E-state index in [0.717, 1.165) is 16.5 Å². The Bertz CT molecular complexity index is 566. The van der Waals surface area contributed by atoms with Crippen molar-refractivity contribution >= 4 is 17.2 Å². The Labute approximate surface area is 121 Å². The van der Waals surface area contributed by atoms with Gasteiger partial charge in [0.25, 0.3) is 5.91 Å². The lowest BCUT2D eigenvalue weighted by atomic mass is 10.3. The zero-order valence-corrected chi connectivity index (χ0v) is 12.2. The number of hydrogen-bond acceptors (Lipinski definition) is 5. The summed E-state index contributed by atoms with van der Waals surface area (Å²) in [7, 11) is 1.62. The van der Waals surface area contributed by atoms with Crippen LogP contribution in [0, 0.1) is 0 Å². The Morgan fingerprint density at radius 2 is 2.00 bits per heavy atom. The fourth-order valence-electron chi connectivity index (χ4n) is 1.55. The van der Waals surface area contributed by atoms with Gasteiger partial charge >= 0.3 is 0 Å². The molecule has 0 saturated heterocycles. The topological polar surface area (TPSA) is 60.5 Å². The van der Waals surface area contributed by atoms with Gasteiger partial charge in [0, 0.05) is 11.9 Å². The number of nitrogens with zero attached hydrogens (tertiary/aromatic N) is 1. The molecule has 0 fully saturated rings. The summed E-state index contributed by atoms with van der Waals surface area (Å²) in [5, 5.41) is 5.21. The summed E-state index contributed by atoms with van der Waals surface area (Å²) in [5.74, 6) is 1.37. The molecule has 2 rings (SSSR count). The fraction of sp³-hybridized carbons (Fsp3) is 0.286. The van der Waals surface area contributed by atoms with Gasteiger partial charge in [0.05, 0.1) is 7.11 Å². The number of ether oxygens (including phenoxy) is 2. The average molecular weight is 292 g/mol. The van der Waals surface area contributed by atoms with Crippen LogP contribution in [0.1, 0.15) is 22.4 Å².